The maximum atomic E-state index is 14.6. The van der Waals surface area contributed by atoms with Crippen LogP contribution in [0.1, 0.15) is 48.5 Å². The summed E-state index contributed by atoms with van der Waals surface area (Å²) in [6.45, 7) is 2.15. The molecule has 0 radical (unpaired) electrons. The van der Waals surface area contributed by atoms with E-state index in [4.69, 9.17) is 0 Å². The highest BCUT2D eigenvalue weighted by molar-refractivity contribution is 7.93. The normalized spacial score (nSPS) is 24.3. The van der Waals surface area contributed by atoms with Crippen LogP contribution in [0.25, 0.3) is 10.9 Å². The lowest BCUT2D eigenvalue weighted by molar-refractivity contribution is -0.147. The van der Waals surface area contributed by atoms with Gasteiger partial charge in [0.2, 0.25) is 5.91 Å². The zero-order chi connectivity index (χ0) is 29.4. The minimum atomic E-state index is -4.16. The number of hydrogen-bond acceptors (Lipinski definition) is 6. The Hall–Kier alpha value is -3.76. The Morgan fingerprint density at radius 2 is 1.50 bits per heavy atom. The molecule has 3 heterocycles. The largest absolute Gasteiger partial charge is 0.332 e. The van der Waals surface area contributed by atoms with Gasteiger partial charge in [0.05, 0.1) is 27.0 Å². The smallest absolute Gasteiger partial charge is 0.268 e. The number of piperidine rings is 1. The van der Waals surface area contributed by atoms with Gasteiger partial charge in [-0.1, -0.05) is 54.1 Å². The average Bonchev–Trinajstić information content (AvgIpc) is 3.33. The predicted molar refractivity (Wildman–Crippen MR) is 157 cm³/mol. The molecule has 0 spiro atoms. The minimum Gasteiger partial charge on any atom is -0.332 e. The van der Waals surface area contributed by atoms with Gasteiger partial charge < -0.3 is 4.90 Å². The fourth-order valence-corrected chi connectivity index (χ4v) is 11.3. The maximum absolute atomic E-state index is 14.6. The van der Waals surface area contributed by atoms with Crippen molar-refractivity contribution in [3.63, 3.8) is 0 Å². The van der Waals surface area contributed by atoms with Gasteiger partial charge in [-0.2, -0.15) is 0 Å². The summed E-state index contributed by atoms with van der Waals surface area (Å²) in [6.07, 6.45) is 0.464. The number of nitrogens with zero attached hydrogens (tertiary/aromatic N) is 2. The zero-order valence-corrected chi connectivity index (χ0v) is 24.7. The molecule has 3 atom stereocenters. The predicted octanol–water partition coefficient (Wildman–Crippen LogP) is 4.60. The molecule has 3 aliphatic rings. The van der Waals surface area contributed by atoms with Crippen molar-refractivity contribution in [2.45, 2.75) is 59.6 Å². The van der Waals surface area contributed by atoms with Crippen molar-refractivity contribution in [2.24, 2.45) is 5.92 Å². The van der Waals surface area contributed by atoms with E-state index in [9.17, 15) is 26.4 Å². The molecule has 7 rings (SSSR count). The van der Waals surface area contributed by atoms with Crippen LogP contribution in [0.2, 0.25) is 0 Å². The number of fused-ring (bicyclic) bond motifs is 6. The first kappa shape index (κ1) is 27.1. The van der Waals surface area contributed by atoms with Crippen molar-refractivity contribution in [1.29, 1.82) is 0 Å². The molecular formula is C32H30N2O6S2. The summed E-state index contributed by atoms with van der Waals surface area (Å²) >= 11 is 0. The van der Waals surface area contributed by atoms with Crippen LogP contribution in [0, 0.1) is 12.8 Å². The van der Waals surface area contributed by atoms with Gasteiger partial charge in [-0.15, -0.1) is 0 Å². The van der Waals surface area contributed by atoms with Gasteiger partial charge in [-0.3, -0.25) is 9.59 Å². The Morgan fingerprint density at radius 1 is 0.810 bits per heavy atom. The van der Waals surface area contributed by atoms with E-state index in [2.05, 4.69) is 0 Å². The number of amides is 1. The van der Waals surface area contributed by atoms with Crippen LogP contribution in [0.5, 0.6) is 0 Å². The van der Waals surface area contributed by atoms with E-state index in [0.29, 0.717) is 17.6 Å². The van der Waals surface area contributed by atoms with Gasteiger partial charge in [-0.25, -0.2) is 20.8 Å². The average molecular weight is 603 g/mol. The number of aryl methyl sites for hydroxylation is 1. The third kappa shape index (κ3) is 3.64. The molecule has 1 amide bonds. The topological polar surface area (TPSA) is 111 Å². The molecule has 1 aromatic heterocycles. The van der Waals surface area contributed by atoms with Crippen molar-refractivity contribution < 1.29 is 26.4 Å². The van der Waals surface area contributed by atoms with Gasteiger partial charge in [0, 0.05) is 24.8 Å². The van der Waals surface area contributed by atoms with E-state index >= 15 is 0 Å². The van der Waals surface area contributed by atoms with Crippen LogP contribution in [0.15, 0.2) is 88.7 Å². The fourth-order valence-electron chi connectivity index (χ4n) is 7.41. The van der Waals surface area contributed by atoms with Crippen LogP contribution in [-0.2, 0) is 35.9 Å². The number of benzene rings is 3. The number of rotatable bonds is 4. The molecule has 1 saturated carbocycles. The molecule has 1 saturated heterocycles. The second-order valence-electron chi connectivity index (χ2n) is 11.6. The van der Waals surface area contributed by atoms with E-state index in [1.807, 2.05) is 19.1 Å². The third-order valence-electron chi connectivity index (χ3n) is 9.40. The number of para-hydroxylation sites is 1. The first-order chi connectivity index (χ1) is 20.1. The number of ketones is 1. The molecule has 4 aromatic rings. The van der Waals surface area contributed by atoms with Gasteiger partial charge >= 0.3 is 0 Å². The molecule has 10 heteroatoms. The molecule has 216 valence electrons. The molecule has 0 bridgehead atoms. The second-order valence-corrected chi connectivity index (χ2v) is 15.6. The SMILES string of the molecule is Cc1ccc(S(=O)(=O)n2c3c(c4ccccc42)CCN2C(=O)[C@@]4(S(=O)(=O)c5ccccc5)CCC(=O)C[C@H]4C[C@H]32)cc1. The van der Waals surface area contributed by atoms with Crippen molar-refractivity contribution in [3.8, 4) is 0 Å². The Morgan fingerprint density at radius 3 is 2.24 bits per heavy atom. The molecule has 0 N–H and O–H groups in total. The number of aromatic nitrogens is 1. The summed E-state index contributed by atoms with van der Waals surface area (Å²) in [5.74, 6) is -1.39. The number of sulfone groups is 1. The Bertz CT molecular complexity index is 1980. The number of hydrogen-bond donors (Lipinski definition) is 0. The Labute approximate surface area is 244 Å². The van der Waals surface area contributed by atoms with E-state index in [-0.39, 0.29) is 47.8 Å². The highest BCUT2D eigenvalue weighted by Crippen LogP contribution is 2.54. The highest BCUT2D eigenvalue weighted by Gasteiger charge is 2.64. The number of carbonyl (C=O) groups is 2. The molecule has 2 aliphatic heterocycles. The van der Waals surface area contributed by atoms with E-state index in [0.717, 1.165) is 16.5 Å². The van der Waals surface area contributed by atoms with Crippen molar-refractivity contribution in [3.05, 3.63) is 95.7 Å². The molecule has 42 heavy (non-hydrogen) atoms. The van der Waals surface area contributed by atoms with Gasteiger partial charge in [-0.05, 0) is 68.0 Å². The van der Waals surface area contributed by atoms with Crippen molar-refractivity contribution in [2.75, 3.05) is 6.54 Å². The number of carbonyl (C=O) groups excluding carboxylic acids is 2. The van der Waals surface area contributed by atoms with Gasteiger partial charge in [0.1, 0.15) is 5.78 Å². The summed E-state index contributed by atoms with van der Waals surface area (Å²) in [5.41, 5.74) is 2.78. The second kappa shape index (κ2) is 9.37. The van der Waals surface area contributed by atoms with Crippen LogP contribution < -0.4 is 0 Å². The molecule has 3 aromatic carbocycles. The lowest BCUT2D eigenvalue weighted by Gasteiger charge is -2.53. The van der Waals surface area contributed by atoms with Crippen LogP contribution >= 0.6 is 0 Å². The van der Waals surface area contributed by atoms with E-state index in [1.165, 1.54) is 16.1 Å². The molecule has 1 aliphatic carbocycles. The van der Waals surface area contributed by atoms with Crippen LogP contribution in [-0.4, -0.2) is 48.7 Å². The Balaban J connectivity index is 1.44. The summed E-state index contributed by atoms with van der Waals surface area (Å²) in [5, 5.41) is 0.795. The first-order valence-corrected chi connectivity index (χ1v) is 17.1. The highest BCUT2D eigenvalue weighted by atomic mass is 32.2. The standard InChI is InChI=1S/C32H30N2O6S2/c1-21-11-13-25(14-12-21)42(39,40)34-28-10-6-5-9-26(28)27-16-18-33-29(30(27)34)20-22-19-23(35)15-17-32(22,31(33)36)41(37,38)24-7-3-2-4-8-24/h2-14,22,29H,15-20H2,1H3/t22-,29+,32+/m0/s1. The first-order valence-electron chi connectivity index (χ1n) is 14.1. The number of Topliss-reactive ketones (excluding diaryl/α,β-unsaturated/α-hetero) is 1. The monoisotopic (exact) mass is 602 g/mol. The van der Waals surface area contributed by atoms with Gasteiger partial charge in [0.25, 0.3) is 10.0 Å². The van der Waals surface area contributed by atoms with Crippen molar-refractivity contribution in [1.82, 2.24) is 8.87 Å². The molecule has 8 nitrogen and oxygen atoms in total. The lowest BCUT2D eigenvalue weighted by atomic mass is 9.69. The third-order valence-corrected chi connectivity index (χ3v) is 13.7. The van der Waals surface area contributed by atoms with Crippen molar-refractivity contribution >= 4 is 42.5 Å². The zero-order valence-electron chi connectivity index (χ0n) is 23.1. The summed E-state index contributed by atoms with van der Waals surface area (Å²) in [4.78, 5) is 29.2. The van der Waals surface area contributed by atoms with E-state index < -0.39 is 42.5 Å². The summed E-state index contributed by atoms with van der Waals surface area (Å²) in [6, 6.07) is 21.2. The summed E-state index contributed by atoms with van der Waals surface area (Å²) < 4.78 is 56.8. The lowest BCUT2D eigenvalue weighted by Crippen LogP contribution is -2.65. The fraction of sp³-hybridized carbons (Fsp3) is 0.312. The van der Waals surface area contributed by atoms with Crippen LogP contribution in [0.3, 0.4) is 0 Å². The Kier molecular flexibility index (Phi) is 6.05. The minimum absolute atomic E-state index is 0.0140. The molecule has 2 fully saturated rings. The van der Waals surface area contributed by atoms with E-state index in [1.54, 1.807) is 59.5 Å². The van der Waals surface area contributed by atoms with Crippen LogP contribution in [0.4, 0.5) is 0 Å². The quantitative estimate of drug-likeness (QED) is 0.338. The summed E-state index contributed by atoms with van der Waals surface area (Å²) in [7, 11) is -8.24. The molecular weight excluding hydrogens is 572 g/mol. The molecule has 0 unspecified atom stereocenters. The maximum Gasteiger partial charge on any atom is 0.268 e. The van der Waals surface area contributed by atoms with Gasteiger partial charge in [0.15, 0.2) is 14.6 Å².